The zero-order valence-corrected chi connectivity index (χ0v) is 4.76. The second-order valence-electron chi connectivity index (χ2n) is 1.33. The normalized spacial score (nSPS) is 9.12. The minimum absolute atomic E-state index is 0.147. The molecule has 0 aromatic rings. The largest absolute Gasteiger partial charge is 0.481 e. The van der Waals surface area contributed by atoms with E-state index in [9.17, 15) is 4.79 Å². The third kappa shape index (κ3) is 5.43. The van der Waals surface area contributed by atoms with Crippen LogP contribution in [0.2, 0.25) is 0 Å². The van der Waals surface area contributed by atoms with Gasteiger partial charge >= 0.3 is 5.97 Å². The van der Waals surface area contributed by atoms with Crippen LogP contribution in [0.4, 0.5) is 0 Å². The maximum Gasteiger partial charge on any atom is 0.303 e. The molecule has 0 saturated heterocycles. The standard InChI is InChI=1S/C5H9O3/c1-8-4-2-3-5(6)7/h4H,2-3H2,1H3,(H,6,7). The van der Waals surface area contributed by atoms with Crippen molar-refractivity contribution < 1.29 is 14.6 Å². The van der Waals surface area contributed by atoms with Crippen molar-refractivity contribution in [2.45, 2.75) is 12.8 Å². The van der Waals surface area contributed by atoms with Crippen LogP contribution in [0.1, 0.15) is 12.8 Å². The molecule has 0 amide bonds. The number of aliphatic carboxylic acids is 1. The number of ether oxygens (including phenoxy) is 1. The fourth-order valence-corrected chi connectivity index (χ4v) is 0.300. The molecule has 3 nitrogen and oxygen atoms in total. The predicted molar refractivity (Wildman–Crippen MR) is 28.2 cm³/mol. The van der Waals surface area contributed by atoms with E-state index in [1.54, 1.807) is 0 Å². The second-order valence-corrected chi connectivity index (χ2v) is 1.33. The third-order valence-corrected chi connectivity index (χ3v) is 0.643. The first-order chi connectivity index (χ1) is 3.77. The Morgan fingerprint density at radius 2 is 2.50 bits per heavy atom. The minimum Gasteiger partial charge on any atom is -0.481 e. The number of carbonyl (C=O) groups is 1. The highest BCUT2D eigenvalue weighted by molar-refractivity contribution is 5.66. The predicted octanol–water partition coefficient (Wildman–Crippen LogP) is 0.659. The average Bonchev–Trinajstić information content (AvgIpc) is 1.66. The summed E-state index contributed by atoms with van der Waals surface area (Å²) in [6, 6.07) is 0. The summed E-state index contributed by atoms with van der Waals surface area (Å²) in [5, 5.41) is 8.06. The monoisotopic (exact) mass is 117 g/mol. The molecule has 1 N–H and O–H groups in total. The Hall–Kier alpha value is -0.570. The van der Waals surface area contributed by atoms with Gasteiger partial charge in [-0.25, -0.2) is 0 Å². The van der Waals surface area contributed by atoms with Gasteiger partial charge in [-0.2, -0.15) is 0 Å². The van der Waals surface area contributed by atoms with Crippen molar-refractivity contribution in [2.75, 3.05) is 7.11 Å². The van der Waals surface area contributed by atoms with Crippen molar-refractivity contribution in [2.24, 2.45) is 0 Å². The van der Waals surface area contributed by atoms with Crippen molar-refractivity contribution in [3.05, 3.63) is 6.61 Å². The van der Waals surface area contributed by atoms with Crippen molar-refractivity contribution >= 4 is 5.97 Å². The van der Waals surface area contributed by atoms with E-state index in [-0.39, 0.29) is 6.42 Å². The first-order valence-corrected chi connectivity index (χ1v) is 2.33. The highest BCUT2D eigenvalue weighted by Crippen LogP contribution is 1.92. The maximum absolute atomic E-state index is 9.80. The van der Waals surface area contributed by atoms with Crippen LogP contribution >= 0.6 is 0 Å². The van der Waals surface area contributed by atoms with Gasteiger partial charge in [0.25, 0.3) is 0 Å². The highest BCUT2D eigenvalue weighted by Gasteiger charge is 1.93. The SMILES string of the molecule is CO[CH]CCC(=O)O. The van der Waals surface area contributed by atoms with Gasteiger partial charge in [-0.1, -0.05) is 0 Å². The summed E-state index contributed by atoms with van der Waals surface area (Å²) >= 11 is 0. The molecule has 0 aromatic heterocycles. The molecule has 47 valence electrons. The van der Waals surface area contributed by atoms with Gasteiger partial charge in [-0.3, -0.25) is 4.79 Å². The molecule has 0 aliphatic carbocycles. The highest BCUT2D eigenvalue weighted by atomic mass is 16.5. The number of carboxylic acids is 1. The quantitative estimate of drug-likeness (QED) is 0.550. The van der Waals surface area contributed by atoms with E-state index < -0.39 is 5.97 Å². The van der Waals surface area contributed by atoms with Crippen LogP contribution in [0.3, 0.4) is 0 Å². The summed E-state index contributed by atoms with van der Waals surface area (Å²) < 4.78 is 4.50. The molecule has 0 aliphatic heterocycles. The number of hydrogen-bond donors (Lipinski definition) is 1. The lowest BCUT2D eigenvalue weighted by molar-refractivity contribution is -0.137. The van der Waals surface area contributed by atoms with Crippen molar-refractivity contribution in [3.63, 3.8) is 0 Å². The van der Waals surface area contributed by atoms with E-state index in [1.165, 1.54) is 13.7 Å². The van der Waals surface area contributed by atoms with Crippen LogP contribution < -0.4 is 0 Å². The van der Waals surface area contributed by atoms with Crippen LogP contribution in [-0.2, 0) is 9.53 Å². The lowest BCUT2D eigenvalue weighted by atomic mass is 10.3. The van der Waals surface area contributed by atoms with Crippen molar-refractivity contribution in [3.8, 4) is 0 Å². The first-order valence-electron chi connectivity index (χ1n) is 2.33. The lowest BCUT2D eigenvalue weighted by Crippen LogP contribution is -1.94. The molecule has 0 fully saturated rings. The van der Waals surface area contributed by atoms with Crippen LogP contribution in [0.5, 0.6) is 0 Å². The summed E-state index contributed by atoms with van der Waals surface area (Å²) in [7, 11) is 1.50. The van der Waals surface area contributed by atoms with E-state index in [4.69, 9.17) is 5.11 Å². The van der Waals surface area contributed by atoms with E-state index in [0.717, 1.165) is 0 Å². The number of carboxylic acid groups (broad SMARTS) is 1. The van der Waals surface area contributed by atoms with Gasteiger partial charge in [0.2, 0.25) is 0 Å². The van der Waals surface area contributed by atoms with Gasteiger partial charge in [0.1, 0.15) is 0 Å². The molecular formula is C5H9O3. The van der Waals surface area contributed by atoms with Gasteiger partial charge < -0.3 is 9.84 Å². The number of methoxy groups -OCH3 is 1. The molecule has 0 aromatic carbocycles. The molecule has 0 unspecified atom stereocenters. The molecule has 3 heteroatoms. The number of rotatable bonds is 4. The Balaban J connectivity index is 2.82. The summed E-state index contributed by atoms with van der Waals surface area (Å²) in [5.41, 5.74) is 0. The molecule has 0 saturated carbocycles. The molecule has 0 aliphatic rings. The summed E-state index contributed by atoms with van der Waals surface area (Å²) in [4.78, 5) is 9.80. The van der Waals surface area contributed by atoms with E-state index in [2.05, 4.69) is 4.74 Å². The zero-order chi connectivity index (χ0) is 6.41. The van der Waals surface area contributed by atoms with Gasteiger partial charge in [0, 0.05) is 13.5 Å². The van der Waals surface area contributed by atoms with E-state index in [1.807, 2.05) is 0 Å². The fourth-order valence-electron chi connectivity index (χ4n) is 0.300. The molecular weight excluding hydrogens is 108 g/mol. The fraction of sp³-hybridized carbons (Fsp3) is 0.600. The summed E-state index contributed by atoms with van der Waals surface area (Å²) in [5.74, 6) is -0.793. The summed E-state index contributed by atoms with van der Waals surface area (Å²) in [6.07, 6.45) is 0.625. The van der Waals surface area contributed by atoms with E-state index >= 15 is 0 Å². The minimum atomic E-state index is -0.793. The van der Waals surface area contributed by atoms with Crippen molar-refractivity contribution in [1.29, 1.82) is 0 Å². The number of hydrogen-bond acceptors (Lipinski definition) is 2. The van der Waals surface area contributed by atoms with Crippen LogP contribution in [0, 0.1) is 6.61 Å². The lowest BCUT2D eigenvalue weighted by Gasteiger charge is -1.90. The molecule has 0 bridgehead atoms. The smallest absolute Gasteiger partial charge is 0.303 e. The Morgan fingerprint density at radius 1 is 1.88 bits per heavy atom. The zero-order valence-electron chi connectivity index (χ0n) is 4.76. The van der Waals surface area contributed by atoms with Gasteiger partial charge in [-0.05, 0) is 6.42 Å². The maximum atomic E-state index is 9.80. The van der Waals surface area contributed by atoms with Gasteiger partial charge in [0.15, 0.2) is 0 Å². The molecule has 1 radical (unpaired) electrons. The molecule has 0 atom stereocenters. The Morgan fingerprint density at radius 3 is 2.88 bits per heavy atom. The van der Waals surface area contributed by atoms with Crippen LogP contribution in [0.15, 0.2) is 0 Å². The molecule has 0 heterocycles. The van der Waals surface area contributed by atoms with Crippen LogP contribution in [0.25, 0.3) is 0 Å². The second kappa shape index (κ2) is 4.59. The Kier molecular flexibility index (Phi) is 4.26. The molecule has 8 heavy (non-hydrogen) atoms. The average molecular weight is 117 g/mol. The third-order valence-electron chi connectivity index (χ3n) is 0.643. The molecule has 0 spiro atoms. The van der Waals surface area contributed by atoms with Crippen molar-refractivity contribution in [1.82, 2.24) is 0 Å². The van der Waals surface area contributed by atoms with Gasteiger partial charge in [-0.15, -0.1) is 0 Å². The van der Waals surface area contributed by atoms with E-state index in [0.29, 0.717) is 6.42 Å². The Labute approximate surface area is 48.3 Å². The topological polar surface area (TPSA) is 46.5 Å². The van der Waals surface area contributed by atoms with Gasteiger partial charge in [0.05, 0.1) is 6.61 Å². The Bertz CT molecular complexity index is 70.1. The van der Waals surface area contributed by atoms with Crippen LogP contribution in [-0.4, -0.2) is 18.2 Å². The first kappa shape index (κ1) is 7.43. The molecule has 0 rings (SSSR count). The summed E-state index contributed by atoms with van der Waals surface area (Å²) in [6.45, 7) is 1.47.